The SMILES string of the molecule is CCC(NCC(O)c1ccc(F)cc1)C1CCCO1. The lowest BCUT2D eigenvalue weighted by Crippen LogP contribution is -2.41. The molecule has 0 aliphatic carbocycles. The van der Waals surface area contributed by atoms with Crippen molar-refractivity contribution in [3.05, 3.63) is 35.6 Å². The summed E-state index contributed by atoms with van der Waals surface area (Å²) >= 11 is 0. The number of hydrogen-bond acceptors (Lipinski definition) is 3. The van der Waals surface area contributed by atoms with E-state index in [1.807, 2.05) is 0 Å². The van der Waals surface area contributed by atoms with Gasteiger partial charge in [0, 0.05) is 19.2 Å². The molecule has 4 heteroatoms. The molecular weight excluding hydrogens is 245 g/mol. The number of ether oxygens (including phenoxy) is 1. The molecular formula is C15H22FNO2. The van der Waals surface area contributed by atoms with Crippen molar-refractivity contribution in [3.8, 4) is 0 Å². The quantitative estimate of drug-likeness (QED) is 0.831. The van der Waals surface area contributed by atoms with E-state index < -0.39 is 6.10 Å². The van der Waals surface area contributed by atoms with E-state index >= 15 is 0 Å². The van der Waals surface area contributed by atoms with Gasteiger partial charge < -0.3 is 15.2 Å². The molecule has 3 nitrogen and oxygen atoms in total. The Morgan fingerprint density at radius 1 is 1.42 bits per heavy atom. The number of rotatable bonds is 6. The average Bonchev–Trinajstić information content (AvgIpc) is 2.94. The van der Waals surface area contributed by atoms with Crippen LogP contribution in [0.15, 0.2) is 24.3 Å². The molecule has 2 N–H and O–H groups in total. The summed E-state index contributed by atoms with van der Waals surface area (Å²) < 4.78 is 18.5. The van der Waals surface area contributed by atoms with Gasteiger partial charge in [-0.25, -0.2) is 4.39 Å². The molecule has 1 heterocycles. The van der Waals surface area contributed by atoms with Crippen LogP contribution in [0.1, 0.15) is 37.9 Å². The molecule has 0 aromatic heterocycles. The zero-order valence-electron chi connectivity index (χ0n) is 11.3. The number of aliphatic hydroxyl groups is 1. The van der Waals surface area contributed by atoms with Crippen molar-refractivity contribution in [2.75, 3.05) is 13.2 Å². The Hall–Kier alpha value is -0.970. The minimum atomic E-state index is -0.615. The number of aliphatic hydroxyl groups excluding tert-OH is 1. The zero-order chi connectivity index (χ0) is 13.7. The first-order valence-corrected chi connectivity index (χ1v) is 6.99. The Bertz CT molecular complexity index is 376. The van der Waals surface area contributed by atoms with Crippen LogP contribution in [0.4, 0.5) is 4.39 Å². The highest BCUT2D eigenvalue weighted by atomic mass is 19.1. The van der Waals surface area contributed by atoms with Gasteiger partial charge >= 0.3 is 0 Å². The summed E-state index contributed by atoms with van der Waals surface area (Å²) in [7, 11) is 0. The van der Waals surface area contributed by atoms with E-state index in [1.54, 1.807) is 12.1 Å². The molecule has 1 aromatic carbocycles. The van der Waals surface area contributed by atoms with Gasteiger partial charge in [-0.3, -0.25) is 0 Å². The second-order valence-corrected chi connectivity index (χ2v) is 5.04. The van der Waals surface area contributed by atoms with Crippen molar-refractivity contribution < 1.29 is 14.2 Å². The summed E-state index contributed by atoms with van der Waals surface area (Å²) in [5.74, 6) is -0.283. The van der Waals surface area contributed by atoms with Crippen LogP contribution < -0.4 is 5.32 Å². The predicted molar refractivity (Wildman–Crippen MR) is 72.4 cm³/mol. The summed E-state index contributed by atoms with van der Waals surface area (Å²) in [6.45, 7) is 3.41. The largest absolute Gasteiger partial charge is 0.387 e. The molecule has 3 atom stereocenters. The van der Waals surface area contributed by atoms with E-state index in [0.717, 1.165) is 31.4 Å². The number of nitrogens with one attached hydrogen (secondary N) is 1. The van der Waals surface area contributed by atoms with Crippen molar-refractivity contribution >= 4 is 0 Å². The van der Waals surface area contributed by atoms with Crippen molar-refractivity contribution in [1.82, 2.24) is 5.32 Å². The van der Waals surface area contributed by atoms with E-state index in [1.165, 1.54) is 12.1 Å². The van der Waals surface area contributed by atoms with Gasteiger partial charge in [0.05, 0.1) is 12.2 Å². The van der Waals surface area contributed by atoms with Gasteiger partial charge in [0.15, 0.2) is 0 Å². The molecule has 19 heavy (non-hydrogen) atoms. The topological polar surface area (TPSA) is 41.5 Å². The summed E-state index contributed by atoms with van der Waals surface area (Å²) in [5, 5.41) is 13.4. The van der Waals surface area contributed by atoms with E-state index in [9.17, 15) is 9.50 Å². The maximum Gasteiger partial charge on any atom is 0.123 e. The van der Waals surface area contributed by atoms with Crippen molar-refractivity contribution in [2.24, 2.45) is 0 Å². The molecule has 3 unspecified atom stereocenters. The third-order valence-electron chi connectivity index (χ3n) is 3.68. The summed E-state index contributed by atoms with van der Waals surface area (Å²) in [6, 6.07) is 6.26. The van der Waals surface area contributed by atoms with Crippen LogP contribution in [0.25, 0.3) is 0 Å². The lowest BCUT2D eigenvalue weighted by molar-refractivity contribution is 0.0698. The molecule has 1 fully saturated rings. The van der Waals surface area contributed by atoms with Crippen molar-refractivity contribution in [2.45, 2.75) is 44.4 Å². The van der Waals surface area contributed by atoms with Crippen LogP contribution in [0, 0.1) is 5.82 Å². The van der Waals surface area contributed by atoms with Crippen LogP contribution >= 0.6 is 0 Å². The third kappa shape index (κ3) is 4.00. The van der Waals surface area contributed by atoms with Crippen LogP contribution in [-0.2, 0) is 4.74 Å². The Kier molecular flexibility index (Phi) is 5.31. The Morgan fingerprint density at radius 3 is 2.74 bits per heavy atom. The van der Waals surface area contributed by atoms with Gasteiger partial charge in [0.1, 0.15) is 5.82 Å². The highest BCUT2D eigenvalue weighted by Gasteiger charge is 2.24. The van der Waals surface area contributed by atoms with Crippen LogP contribution in [-0.4, -0.2) is 30.4 Å². The molecule has 2 rings (SSSR count). The van der Waals surface area contributed by atoms with Gasteiger partial charge in [-0.05, 0) is 37.0 Å². The standard InChI is InChI=1S/C15H22FNO2/c1-2-13(15-4-3-9-19-15)17-10-14(18)11-5-7-12(16)8-6-11/h5-8,13-15,17-18H,2-4,9-10H2,1H3. The molecule has 0 radical (unpaired) electrons. The Balaban J connectivity index is 1.84. The second-order valence-electron chi connectivity index (χ2n) is 5.04. The maximum atomic E-state index is 12.8. The van der Waals surface area contributed by atoms with Gasteiger partial charge in [0.25, 0.3) is 0 Å². The first kappa shape index (κ1) is 14.4. The third-order valence-corrected chi connectivity index (χ3v) is 3.68. The molecule has 0 amide bonds. The summed E-state index contributed by atoms with van der Waals surface area (Å²) in [4.78, 5) is 0. The normalized spacial score (nSPS) is 22.4. The molecule has 0 saturated carbocycles. The molecule has 1 aliphatic heterocycles. The zero-order valence-corrected chi connectivity index (χ0v) is 11.3. The maximum absolute atomic E-state index is 12.8. The molecule has 0 bridgehead atoms. The van der Waals surface area contributed by atoms with E-state index in [2.05, 4.69) is 12.2 Å². The van der Waals surface area contributed by atoms with Crippen LogP contribution in [0.3, 0.4) is 0 Å². The predicted octanol–water partition coefficient (Wildman–Crippen LogP) is 2.41. The first-order chi connectivity index (χ1) is 9.20. The lowest BCUT2D eigenvalue weighted by atomic mass is 10.0. The number of halogens is 1. The van der Waals surface area contributed by atoms with Crippen LogP contribution in [0.2, 0.25) is 0 Å². The van der Waals surface area contributed by atoms with Crippen molar-refractivity contribution in [1.29, 1.82) is 0 Å². The molecule has 0 spiro atoms. The van der Waals surface area contributed by atoms with Crippen molar-refractivity contribution in [3.63, 3.8) is 0 Å². The van der Waals surface area contributed by atoms with Gasteiger partial charge in [0.2, 0.25) is 0 Å². The molecule has 1 saturated heterocycles. The smallest absolute Gasteiger partial charge is 0.123 e. The summed E-state index contributed by atoms with van der Waals surface area (Å²) in [5.41, 5.74) is 0.732. The Labute approximate surface area is 113 Å². The minimum Gasteiger partial charge on any atom is -0.387 e. The Morgan fingerprint density at radius 2 is 2.16 bits per heavy atom. The highest BCUT2D eigenvalue weighted by molar-refractivity contribution is 5.18. The fourth-order valence-electron chi connectivity index (χ4n) is 2.52. The van der Waals surface area contributed by atoms with Crippen LogP contribution in [0.5, 0.6) is 0 Å². The summed E-state index contributed by atoms with van der Waals surface area (Å²) in [6.07, 6.45) is 2.81. The first-order valence-electron chi connectivity index (χ1n) is 6.99. The molecule has 106 valence electrons. The van der Waals surface area contributed by atoms with Gasteiger partial charge in [-0.1, -0.05) is 19.1 Å². The average molecular weight is 267 g/mol. The van der Waals surface area contributed by atoms with Gasteiger partial charge in [-0.15, -0.1) is 0 Å². The fourth-order valence-corrected chi connectivity index (χ4v) is 2.52. The number of hydrogen-bond donors (Lipinski definition) is 2. The van der Waals surface area contributed by atoms with Gasteiger partial charge in [-0.2, -0.15) is 0 Å². The molecule has 1 aliphatic rings. The monoisotopic (exact) mass is 267 g/mol. The molecule has 1 aromatic rings. The van der Waals surface area contributed by atoms with E-state index in [4.69, 9.17) is 4.74 Å². The lowest BCUT2D eigenvalue weighted by Gasteiger charge is -2.24. The van der Waals surface area contributed by atoms with E-state index in [0.29, 0.717) is 6.54 Å². The minimum absolute atomic E-state index is 0.255. The second kappa shape index (κ2) is 6.98. The fraction of sp³-hybridized carbons (Fsp3) is 0.600. The van der Waals surface area contributed by atoms with E-state index in [-0.39, 0.29) is 18.0 Å². The highest BCUT2D eigenvalue weighted by Crippen LogP contribution is 2.19. The number of benzene rings is 1.